The van der Waals surface area contributed by atoms with Crippen molar-refractivity contribution >= 4 is 23.2 Å². The fourth-order valence-corrected chi connectivity index (χ4v) is 4.65. The Morgan fingerprint density at radius 3 is 2.43 bits per heavy atom. The fourth-order valence-electron chi connectivity index (χ4n) is 3.93. The van der Waals surface area contributed by atoms with E-state index < -0.39 is 5.41 Å². The lowest BCUT2D eigenvalue weighted by atomic mass is 9.73. The number of primary amides is 1. The van der Waals surface area contributed by atoms with Gasteiger partial charge in [-0.25, -0.2) is 0 Å². The molecule has 0 aliphatic carbocycles. The van der Waals surface area contributed by atoms with Crippen molar-refractivity contribution in [1.29, 1.82) is 0 Å². The summed E-state index contributed by atoms with van der Waals surface area (Å²) in [6, 6.07) is 12.5. The van der Waals surface area contributed by atoms with Crippen LogP contribution in [0.5, 0.6) is 0 Å². The molecule has 1 saturated heterocycles. The summed E-state index contributed by atoms with van der Waals surface area (Å²) in [5.41, 5.74) is 7.55. The molecule has 0 unspecified atom stereocenters. The van der Waals surface area contributed by atoms with Crippen LogP contribution in [-0.4, -0.2) is 29.8 Å². The van der Waals surface area contributed by atoms with Gasteiger partial charge in [-0.3, -0.25) is 9.59 Å². The number of nitrogens with two attached hydrogens (primary N) is 1. The molecular weight excluding hydrogens is 368 g/mol. The third-order valence-electron chi connectivity index (χ3n) is 5.55. The topological polar surface area (TPSA) is 63.4 Å². The number of hydrogen-bond donors (Lipinski definition) is 1. The molecule has 5 heteroatoms. The van der Waals surface area contributed by atoms with Crippen molar-refractivity contribution in [2.75, 3.05) is 13.1 Å². The summed E-state index contributed by atoms with van der Waals surface area (Å²) < 4.78 is 0. The molecule has 0 saturated carbocycles. The number of hydrogen-bond acceptors (Lipinski definition) is 3. The number of carbonyl (C=O) groups excluding carboxylic acids is 2. The van der Waals surface area contributed by atoms with Crippen LogP contribution >= 0.6 is 11.3 Å². The second-order valence-electron chi connectivity index (χ2n) is 9.12. The molecule has 0 bridgehead atoms. The highest BCUT2D eigenvalue weighted by Gasteiger charge is 2.41. The molecule has 1 aliphatic heterocycles. The summed E-state index contributed by atoms with van der Waals surface area (Å²) in [4.78, 5) is 28.1. The quantitative estimate of drug-likeness (QED) is 0.807. The maximum Gasteiger partial charge on any atom is 0.224 e. The molecule has 3 rings (SSSR count). The molecule has 4 nitrogen and oxygen atoms in total. The summed E-state index contributed by atoms with van der Waals surface area (Å²) in [6.07, 6.45) is 2.41. The molecule has 2 heterocycles. The number of amides is 2. The number of thiophene rings is 1. The third kappa shape index (κ3) is 4.82. The lowest BCUT2D eigenvalue weighted by Crippen LogP contribution is -2.50. The van der Waals surface area contributed by atoms with Crippen LogP contribution in [0.4, 0.5) is 0 Å². The van der Waals surface area contributed by atoms with Crippen LogP contribution < -0.4 is 5.73 Å². The largest absolute Gasteiger partial charge is 0.369 e. The molecule has 2 amide bonds. The van der Waals surface area contributed by atoms with E-state index in [9.17, 15) is 9.59 Å². The van der Waals surface area contributed by atoms with Crippen molar-refractivity contribution in [2.24, 2.45) is 16.6 Å². The monoisotopic (exact) mass is 398 g/mol. The average molecular weight is 399 g/mol. The van der Waals surface area contributed by atoms with Gasteiger partial charge in [-0.1, -0.05) is 51.1 Å². The predicted molar refractivity (Wildman–Crippen MR) is 115 cm³/mol. The van der Waals surface area contributed by atoms with Gasteiger partial charge in [-0.15, -0.1) is 11.3 Å². The minimum atomic E-state index is -0.577. The van der Waals surface area contributed by atoms with E-state index in [1.807, 2.05) is 17.0 Å². The number of rotatable bonds is 5. The first-order valence-corrected chi connectivity index (χ1v) is 10.8. The Hall–Kier alpha value is -2.14. The highest BCUT2D eigenvalue weighted by Crippen LogP contribution is 2.37. The molecule has 2 aromatic rings. The molecule has 0 spiro atoms. The molecule has 2 N–H and O–H groups in total. The summed E-state index contributed by atoms with van der Waals surface area (Å²) >= 11 is 1.71. The van der Waals surface area contributed by atoms with E-state index in [0.29, 0.717) is 38.8 Å². The zero-order valence-corrected chi connectivity index (χ0v) is 17.8. The zero-order valence-electron chi connectivity index (χ0n) is 17.0. The van der Waals surface area contributed by atoms with Gasteiger partial charge in [-0.2, -0.15) is 0 Å². The van der Waals surface area contributed by atoms with E-state index in [-0.39, 0.29) is 17.2 Å². The molecule has 1 fully saturated rings. The van der Waals surface area contributed by atoms with Gasteiger partial charge >= 0.3 is 0 Å². The van der Waals surface area contributed by atoms with Crippen LogP contribution in [0.3, 0.4) is 0 Å². The van der Waals surface area contributed by atoms with Gasteiger partial charge in [0.1, 0.15) is 0 Å². The van der Waals surface area contributed by atoms with Gasteiger partial charge in [0, 0.05) is 24.4 Å². The highest BCUT2D eigenvalue weighted by molar-refractivity contribution is 7.13. The van der Waals surface area contributed by atoms with E-state index in [1.54, 1.807) is 11.3 Å². The minimum Gasteiger partial charge on any atom is -0.369 e. The molecule has 1 aliphatic rings. The Balaban J connectivity index is 1.72. The standard InChI is InChI=1S/C23H30N2O2S/c1-22(2,3)16-20(26)25-11-9-23(10-12-25,21(24)27)15-17-6-4-7-18(14-17)19-8-5-13-28-19/h4-8,13-14H,9-12,15-16H2,1-3H3,(H2,24,27). The Kier molecular flexibility index (Phi) is 5.94. The first-order chi connectivity index (χ1) is 13.2. The van der Waals surface area contributed by atoms with Gasteiger partial charge < -0.3 is 10.6 Å². The van der Waals surface area contributed by atoms with Crippen molar-refractivity contribution in [3.05, 3.63) is 47.3 Å². The number of likely N-dealkylation sites (tertiary alicyclic amines) is 1. The molecule has 1 aromatic heterocycles. The van der Waals surface area contributed by atoms with Crippen LogP contribution in [0.25, 0.3) is 10.4 Å². The highest BCUT2D eigenvalue weighted by atomic mass is 32.1. The number of carbonyl (C=O) groups is 2. The Morgan fingerprint density at radius 2 is 1.86 bits per heavy atom. The lowest BCUT2D eigenvalue weighted by molar-refractivity contribution is -0.140. The molecular formula is C23H30N2O2S. The fraction of sp³-hybridized carbons (Fsp3) is 0.478. The van der Waals surface area contributed by atoms with Crippen LogP contribution in [0, 0.1) is 10.8 Å². The average Bonchev–Trinajstić information content (AvgIpc) is 3.15. The van der Waals surface area contributed by atoms with Gasteiger partial charge in [0.25, 0.3) is 0 Å². The van der Waals surface area contributed by atoms with Crippen LogP contribution in [0.1, 0.15) is 45.6 Å². The van der Waals surface area contributed by atoms with E-state index in [1.165, 1.54) is 10.4 Å². The van der Waals surface area contributed by atoms with Gasteiger partial charge in [0.05, 0.1) is 5.41 Å². The summed E-state index contributed by atoms with van der Waals surface area (Å²) in [5.74, 6) is -0.0813. The molecule has 1 aromatic carbocycles. The second kappa shape index (κ2) is 8.08. The number of nitrogens with zero attached hydrogens (tertiary/aromatic N) is 1. The summed E-state index contributed by atoms with van der Waals surface area (Å²) in [7, 11) is 0. The van der Waals surface area contributed by atoms with Crippen LogP contribution in [0.2, 0.25) is 0 Å². The lowest BCUT2D eigenvalue weighted by Gasteiger charge is -2.40. The normalized spacial score (nSPS) is 16.8. The Bertz CT molecular complexity index is 829. The first kappa shape index (κ1) is 20.6. The smallest absolute Gasteiger partial charge is 0.224 e. The predicted octanol–water partition coefficient (Wildman–Crippen LogP) is 4.49. The van der Waals surface area contributed by atoms with Crippen LogP contribution in [-0.2, 0) is 16.0 Å². The summed E-state index contributed by atoms with van der Waals surface area (Å²) in [5, 5.41) is 2.07. The van der Waals surface area contributed by atoms with Crippen molar-refractivity contribution in [1.82, 2.24) is 4.90 Å². The maximum absolute atomic E-state index is 12.5. The van der Waals surface area contributed by atoms with Gasteiger partial charge in [0.2, 0.25) is 11.8 Å². The molecule has 28 heavy (non-hydrogen) atoms. The number of benzene rings is 1. The van der Waals surface area contributed by atoms with E-state index in [4.69, 9.17) is 5.73 Å². The minimum absolute atomic E-state index is 0.0302. The Morgan fingerprint density at radius 1 is 1.14 bits per heavy atom. The molecule has 150 valence electrons. The van der Waals surface area contributed by atoms with Crippen molar-refractivity contribution in [3.63, 3.8) is 0 Å². The van der Waals surface area contributed by atoms with E-state index >= 15 is 0 Å². The first-order valence-electron chi connectivity index (χ1n) is 9.89. The van der Waals surface area contributed by atoms with Crippen molar-refractivity contribution < 1.29 is 9.59 Å². The Labute approximate surface area is 171 Å². The van der Waals surface area contributed by atoms with Gasteiger partial charge in [-0.05, 0) is 47.3 Å². The third-order valence-corrected chi connectivity index (χ3v) is 6.47. The molecule has 0 radical (unpaired) electrons. The zero-order chi connectivity index (χ0) is 20.4. The second-order valence-corrected chi connectivity index (χ2v) is 10.1. The molecule has 0 atom stereocenters. The van der Waals surface area contributed by atoms with E-state index in [2.05, 4.69) is 50.4 Å². The van der Waals surface area contributed by atoms with Crippen molar-refractivity contribution in [3.8, 4) is 10.4 Å². The maximum atomic E-state index is 12.5. The number of piperidine rings is 1. The SMILES string of the molecule is CC(C)(C)CC(=O)N1CCC(Cc2cccc(-c3cccs3)c2)(C(N)=O)CC1. The van der Waals surface area contributed by atoms with Gasteiger partial charge in [0.15, 0.2) is 0 Å². The van der Waals surface area contributed by atoms with Crippen molar-refractivity contribution in [2.45, 2.75) is 46.5 Å². The van der Waals surface area contributed by atoms with Crippen LogP contribution in [0.15, 0.2) is 41.8 Å². The summed E-state index contributed by atoms with van der Waals surface area (Å²) in [6.45, 7) is 7.42. The van der Waals surface area contributed by atoms with E-state index in [0.717, 1.165) is 5.56 Å².